The number of nitrogens with one attached hydrogen (secondary N) is 1. The quantitative estimate of drug-likeness (QED) is 0.503. The van der Waals surface area contributed by atoms with Crippen molar-refractivity contribution in [3.63, 3.8) is 0 Å². The Morgan fingerprint density at radius 3 is 2.96 bits per heavy atom. The number of hydrogen-bond donors (Lipinski definition) is 1. The van der Waals surface area contributed by atoms with Crippen LogP contribution < -0.4 is 5.32 Å². The number of methoxy groups -OCH3 is 1. The summed E-state index contributed by atoms with van der Waals surface area (Å²) in [6, 6.07) is 0. The third-order valence-electron chi connectivity index (χ3n) is 3.64. The molecule has 0 spiro atoms. The molecule has 2 heterocycles. The largest absolute Gasteiger partial charge is 0.468 e. The highest BCUT2D eigenvalue weighted by Crippen LogP contribution is 2.40. The van der Waals surface area contributed by atoms with Gasteiger partial charge in [0.25, 0.3) is 0 Å². The minimum atomic E-state index is -0.459. The molecule has 0 saturated heterocycles. The van der Waals surface area contributed by atoms with Crippen molar-refractivity contribution in [3.8, 4) is 0 Å². The zero-order chi connectivity index (χ0) is 16.4. The summed E-state index contributed by atoms with van der Waals surface area (Å²) in [5.74, 6) is 0.263. The molecule has 1 amide bonds. The maximum absolute atomic E-state index is 11.8. The summed E-state index contributed by atoms with van der Waals surface area (Å²) in [6.45, 7) is 1.76. The number of thioether (sulfide) groups is 1. The molecular formula is C15H17N3O3S2. The maximum Gasteiger partial charge on any atom is 0.325 e. The van der Waals surface area contributed by atoms with E-state index >= 15 is 0 Å². The lowest BCUT2D eigenvalue weighted by Crippen LogP contribution is -2.31. The fourth-order valence-electron chi connectivity index (χ4n) is 2.60. The van der Waals surface area contributed by atoms with Gasteiger partial charge in [0.1, 0.15) is 22.2 Å². The molecule has 1 N–H and O–H groups in total. The monoisotopic (exact) mass is 351 g/mol. The Morgan fingerprint density at radius 2 is 2.17 bits per heavy atom. The standard InChI is InChI=1S/C15H17N3O3S2/c1-8-17-14(22-7-11(19)16-6-12(20)21-2)13-9-4-3-5-10(9)23-15(13)18-8/h3-7H2,1-2H3,(H,16,19). The number of rotatable bonds is 5. The molecular weight excluding hydrogens is 334 g/mol. The lowest BCUT2D eigenvalue weighted by molar-refractivity contribution is -0.140. The number of thiophene rings is 1. The number of carbonyl (C=O) groups is 2. The Balaban J connectivity index is 1.75. The maximum atomic E-state index is 11.8. The summed E-state index contributed by atoms with van der Waals surface area (Å²) in [7, 11) is 1.29. The van der Waals surface area contributed by atoms with Crippen LogP contribution in [-0.4, -0.2) is 41.3 Å². The van der Waals surface area contributed by atoms with Gasteiger partial charge in [-0.3, -0.25) is 9.59 Å². The summed E-state index contributed by atoms with van der Waals surface area (Å²) in [6.07, 6.45) is 3.34. The van der Waals surface area contributed by atoms with Crippen LogP contribution in [0, 0.1) is 6.92 Å². The molecule has 1 aliphatic rings. The van der Waals surface area contributed by atoms with Crippen molar-refractivity contribution in [1.29, 1.82) is 0 Å². The first-order valence-electron chi connectivity index (χ1n) is 7.33. The molecule has 0 fully saturated rings. The third-order valence-corrected chi connectivity index (χ3v) is 5.80. The van der Waals surface area contributed by atoms with Crippen molar-refractivity contribution < 1.29 is 14.3 Å². The highest BCUT2D eigenvalue weighted by atomic mass is 32.2. The molecule has 8 heteroatoms. The fourth-order valence-corrected chi connectivity index (χ4v) is 4.90. The van der Waals surface area contributed by atoms with E-state index in [1.807, 2.05) is 6.92 Å². The second-order valence-electron chi connectivity index (χ2n) is 5.26. The molecule has 0 unspecified atom stereocenters. The number of amides is 1. The number of aryl methyl sites for hydroxylation is 3. The molecule has 0 aromatic carbocycles. The molecule has 0 radical (unpaired) electrons. The Kier molecular flexibility index (Phi) is 4.82. The number of ether oxygens (including phenoxy) is 1. The van der Waals surface area contributed by atoms with Crippen molar-refractivity contribution in [2.75, 3.05) is 19.4 Å². The predicted molar refractivity (Wildman–Crippen MR) is 89.9 cm³/mol. The van der Waals surface area contributed by atoms with Gasteiger partial charge in [0, 0.05) is 10.3 Å². The van der Waals surface area contributed by atoms with E-state index < -0.39 is 5.97 Å². The SMILES string of the molecule is COC(=O)CNC(=O)CSc1nc(C)nc2sc3c(c12)CCC3. The topological polar surface area (TPSA) is 81.2 Å². The number of esters is 1. The van der Waals surface area contributed by atoms with Crippen molar-refractivity contribution in [2.45, 2.75) is 31.2 Å². The van der Waals surface area contributed by atoms with E-state index in [0.717, 1.165) is 33.9 Å². The molecule has 0 saturated carbocycles. The van der Waals surface area contributed by atoms with Gasteiger partial charge < -0.3 is 10.1 Å². The zero-order valence-corrected chi connectivity index (χ0v) is 14.6. The summed E-state index contributed by atoms with van der Waals surface area (Å²) < 4.78 is 4.50. The fraction of sp³-hybridized carbons (Fsp3) is 0.467. The van der Waals surface area contributed by atoms with Gasteiger partial charge in [-0.15, -0.1) is 11.3 Å². The van der Waals surface area contributed by atoms with Crippen LogP contribution in [0.3, 0.4) is 0 Å². The van der Waals surface area contributed by atoms with Crippen LogP contribution in [0.15, 0.2) is 5.03 Å². The average molecular weight is 351 g/mol. The van der Waals surface area contributed by atoms with E-state index in [2.05, 4.69) is 20.0 Å². The van der Waals surface area contributed by atoms with E-state index in [0.29, 0.717) is 0 Å². The van der Waals surface area contributed by atoms with E-state index in [9.17, 15) is 9.59 Å². The Morgan fingerprint density at radius 1 is 1.35 bits per heavy atom. The molecule has 0 bridgehead atoms. The summed E-state index contributed by atoms with van der Waals surface area (Å²) >= 11 is 3.13. The van der Waals surface area contributed by atoms with E-state index in [1.165, 1.54) is 35.7 Å². The van der Waals surface area contributed by atoms with Crippen molar-refractivity contribution >= 4 is 45.2 Å². The van der Waals surface area contributed by atoms with E-state index in [1.54, 1.807) is 11.3 Å². The van der Waals surface area contributed by atoms with Crippen LogP contribution in [0.1, 0.15) is 22.7 Å². The first-order chi connectivity index (χ1) is 11.1. The number of hydrogen-bond acceptors (Lipinski definition) is 7. The minimum Gasteiger partial charge on any atom is -0.468 e. The summed E-state index contributed by atoms with van der Waals surface area (Å²) in [5, 5.41) is 4.51. The molecule has 2 aromatic rings. The van der Waals surface area contributed by atoms with Gasteiger partial charge in [-0.25, -0.2) is 9.97 Å². The van der Waals surface area contributed by atoms with Crippen LogP contribution in [0.25, 0.3) is 10.2 Å². The van der Waals surface area contributed by atoms with Crippen molar-refractivity contribution in [1.82, 2.24) is 15.3 Å². The second kappa shape index (κ2) is 6.84. The molecule has 2 aromatic heterocycles. The van der Waals surface area contributed by atoms with Gasteiger partial charge in [0.2, 0.25) is 5.91 Å². The lowest BCUT2D eigenvalue weighted by atomic mass is 10.2. The minimum absolute atomic E-state index is 0.109. The molecule has 3 rings (SSSR count). The van der Waals surface area contributed by atoms with Gasteiger partial charge in [-0.2, -0.15) is 0 Å². The van der Waals surface area contributed by atoms with Crippen LogP contribution >= 0.6 is 23.1 Å². The van der Waals surface area contributed by atoms with E-state index in [-0.39, 0.29) is 18.2 Å². The Labute approximate surface area is 142 Å². The van der Waals surface area contributed by atoms with Crippen LogP contribution in [0.5, 0.6) is 0 Å². The normalized spacial score (nSPS) is 13.1. The van der Waals surface area contributed by atoms with Crippen LogP contribution in [0.2, 0.25) is 0 Å². The number of fused-ring (bicyclic) bond motifs is 3. The highest BCUT2D eigenvalue weighted by molar-refractivity contribution is 8.00. The molecule has 1 aliphatic carbocycles. The Hall–Kier alpha value is -1.67. The van der Waals surface area contributed by atoms with Gasteiger partial charge in [-0.1, -0.05) is 11.8 Å². The highest BCUT2D eigenvalue weighted by Gasteiger charge is 2.22. The average Bonchev–Trinajstić information content (AvgIpc) is 3.10. The molecule has 23 heavy (non-hydrogen) atoms. The predicted octanol–water partition coefficient (Wildman–Crippen LogP) is 1.87. The molecule has 0 atom stereocenters. The van der Waals surface area contributed by atoms with Gasteiger partial charge in [0.05, 0.1) is 12.9 Å². The number of aromatic nitrogens is 2. The summed E-state index contributed by atoms with van der Waals surface area (Å²) in [5.41, 5.74) is 1.35. The van der Waals surface area contributed by atoms with Gasteiger partial charge >= 0.3 is 5.97 Å². The lowest BCUT2D eigenvalue weighted by Gasteiger charge is -2.06. The second-order valence-corrected chi connectivity index (χ2v) is 7.30. The summed E-state index contributed by atoms with van der Waals surface area (Å²) in [4.78, 5) is 34.4. The van der Waals surface area contributed by atoms with Gasteiger partial charge in [0.15, 0.2) is 0 Å². The molecule has 6 nitrogen and oxygen atoms in total. The van der Waals surface area contributed by atoms with Crippen molar-refractivity contribution in [2.24, 2.45) is 0 Å². The third kappa shape index (κ3) is 3.48. The zero-order valence-electron chi connectivity index (χ0n) is 13.0. The van der Waals surface area contributed by atoms with Crippen molar-refractivity contribution in [3.05, 3.63) is 16.3 Å². The van der Waals surface area contributed by atoms with Gasteiger partial charge in [-0.05, 0) is 31.7 Å². The van der Waals surface area contributed by atoms with Crippen LogP contribution in [0.4, 0.5) is 0 Å². The van der Waals surface area contributed by atoms with Crippen LogP contribution in [-0.2, 0) is 27.2 Å². The molecule has 0 aliphatic heterocycles. The first-order valence-corrected chi connectivity index (χ1v) is 9.14. The first kappa shape index (κ1) is 16.2. The van der Waals surface area contributed by atoms with E-state index in [4.69, 9.17) is 0 Å². The Bertz CT molecular complexity index is 773. The smallest absolute Gasteiger partial charge is 0.325 e. The molecule has 122 valence electrons. The number of carbonyl (C=O) groups excluding carboxylic acids is 2. The number of nitrogens with zero attached hydrogens (tertiary/aromatic N) is 2.